The summed E-state index contributed by atoms with van der Waals surface area (Å²) in [4.78, 5) is 14.4. The maximum atomic E-state index is 12.6. The Kier molecular flexibility index (Phi) is 5.49. The molecule has 2 N–H and O–H groups in total. The number of benzene rings is 1. The Hall–Kier alpha value is -2.59. The molecule has 10 heteroatoms. The zero-order chi connectivity index (χ0) is 19.5. The second kappa shape index (κ2) is 8.19. The molecule has 146 valence electrons. The lowest BCUT2D eigenvalue weighted by Crippen LogP contribution is -2.40. The van der Waals surface area contributed by atoms with Crippen molar-refractivity contribution in [2.24, 2.45) is 0 Å². The average Bonchev–Trinajstić information content (AvgIpc) is 3.35. The number of urea groups is 1. The topological polar surface area (TPSA) is 91.7 Å². The SMILES string of the molecule is CCn1c(C2CCN(C(=O)Nc3nnc(-c4ccccc4)s3)CC2)n[nH]c1=S. The van der Waals surface area contributed by atoms with E-state index in [1.807, 2.05) is 39.8 Å². The van der Waals surface area contributed by atoms with E-state index in [4.69, 9.17) is 12.2 Å². The van der Waals surface area contributed by atoms with Gasteiger partial charge in [0, 0.05) is 31.1 Å². The van der Waals surface area contributed by atoms with Gasteiger partial charge >= 0.3 is 6.03 Å². The summed E-state index contributed by atoms with van der Waals surface area (Å²) in [5.74, 6) is 1.30. The number of anilines is 1. The van der Waals surface area contributed by atoms with E-state index in [1.165, 1.54) is 11.3 Å². The lowest BCUT2D eigenvalue weighted by molar-refractivity contribution is 0.193. The van der Waals surface area contributed by atoms with Crippen LogP contribution in [0.4, 0.5) is 9.93 Å². The number of H-pyrrole nitrogens is 1. The number of carbonyl (C=O) groups excluding carboxylic acids is 1. The molecule has 0 unspecified atom stereocenters. The maximum Gasteiger partial charge on any atom is 0.323 e. The van der Waals surface area contributed by atoms with Crippen LogP contribution in [0.3, 0.4) is 0 Å². The molecular weight excluding hydrogens is 394 g/mol. The molecule has 1 saturated heterocycles. The molecule has 0 atom stereocenters. The third kappa shape index (κ3) is 3.83. The number of likely N-dealkylation sites (tertiary alicyclic amines) is 1. The lowest BCUT2D eigenvalue weighted by Gasteiger charge is -2.31. The quantitative estimate of drug-likeness (QED) is 0.631. The normalized spacial score (nSPS) is 15.0. The van der Waals surface area contributed by atoms with E-state index in [2.05, 4.69) is 32.6 Å². The summed E-state index contributed by atoms with van der Waals surface area (Å²) in [7, 11) is 0. The number of aromatic amines is 1. The second-order valence-corrected chi connectivity index (χ2v) is 7.97. The van der Waals surface area contributed by atoms with Crippen molar-refractivity contribution < 1.29 is 4.79 Å². The second-order valence-electron chi connectivity index (χ2n) is 6.60. The Morgan fingerprint density at radius 3 is 2.75 bits per heavy atom. The smallest absolute Gasteiger partial charge is 0.323 e. The predicted octanol–water partition coefficient (Wildman–Crippen LogP) is 3.89. The predicted molar refractivity (Wildman–Crippen MR) is 111 cm³/mol. The van der Waals surface area contributed by atoms with Crippen LogP contribution < -0.4 is 5.32 Å². The molecule has 1 aliphatic rings. The van der Waals surface area contributed by atoms with Crippen LogP contribution in [-0.4, -0.2) is 49.0 Å². The summed E-state index contributed by atoms with van der Waals surface area (Å²) in [5, 5.41) is 19.7. The van der Waals surface area contributed by atoms with E-state index in [1.54, 1.807) is 0 Å². The van der Waals surface area contributed by atoms with E-state index in [9.17, 15) is 4.79 Å². The number of nitrogens with one attached hydrogen (secondary N) is 2. The molecule has 0 spiro atoms. The van der Waals surface area contributed by atoms with Crippen LogP contribution in [0.25, 0.3) is 10.6 Å². The molecular formula is C18H21N7OS2. The van der Waals surface area contributed by atoms with Crippen molar-refractivity contribution >= 4 is 34.7 Å². The standard InChI is InChI=1S/C18H21N7OS2/c1-2-25-14(20-23-18(25)27)12-8-10-24(11-9-12)17(26)19-16-22-21-15(28-16)13-6-4-3-5-7-13/h3-7,12H,2,8-11H2,1H3,(H,23,27)(H,19,22,26). The highest BCUT2D eigenvalue weighted by atomic mass is 32.1. The molecule has 0 aliphatic carbocycles. The molecule has 28 heavy (non-hydrogen) atoms. The van der Waals surface area contributed by atoms with E-state index < -0.39 is 0 Å². The highest BCUT2D eigenvalue weighted by molar-refractivity contribution is 7.71. The molecule has 4 rings (SSSR count). The Bertz CT molecular complexity index is 1000. The fourth-order valence-corrected chi connectivity index (χ4v) is 4.44. The molecule has 8 nitrogen and oxygen atoms in total. The average molecular weight is 416 g/mol. The lowest BCUT2D eigenvalue weighted by atomic mass is 9.96. The molecule has 1 aromatic carbocycles. The molecule has 3 aromatic rings. The first-order valence-corrected chi connectivity index (χ1v) is 10.5. The molecule has 2 aromatic heterocycles. The maximum absolute atomic E-state index is 12.6. The van der Waals surface area contributed by atoms with Crippen LogP contribution in [-0.2, 0) is 6.54 Å². The fourth-order valence-electron chi connectivity index (χ4n) is 3.43. The molecule has 0 radical (unpaired) electrons. The fraction of sp³-hybridized carbons (Fsp3) is 0.389. The zero-order valence-electron chi connectivity index (χ0n) is 15.5. The van der Waals surface area contributed by atoms with Gasteiger partial charge < -0.3 is 9.47 Å². The number of piperidine rings is 1. The van der Waals surface area contributed by atoms with E-state index in [0.717, 1.165) is 35.8 Å². The van der Waals surface area contributed by atoms with Crippen LogP contribution in [0.1, 0.15) is 31.5 Å². The van der Waals surface area contributed by atoms with Gasteiger partial charge in [0.2, 0.25) is 5.13 Å². The van der Waals surface area contributed by atoms with E-state index in [0.29, 0.717) is 28.9 Å². The molecule has 1 aliphatic heterocycles. The van der Waals surface area contributed by atoms with E-state index in [-0.39, 0.29) is 6.03 Å². The van der Waals surface area contributed by atoms with E-state index >= 15 is 0 Å². The van der Waals surface area contributed by atoms with Gasteiger partial charge in [-0.15, -0.1) is 10.2 Å². The van der Waals surface area contributed by atoms with Crippen LogP contribution in [0.2, 0.25) is 0 Å². The first-order chi connectivity index (χ1) is 13.7. The molecule has 1 fully saturated rings. The Morgan fingerprint density at radius 2 is 2.04 bits per heavy atom. The van der Waals surface area contributed by atoms with Gasteiger partial charge in [0.25, 0.3) is 0 Å². The number of rotatable bonds is 4. The molecule has 3 heterocycles. The minimum absolute atomic E-state index is 0.136. The highest BCUT2D eigenvalue weighted by Crippen LogP contribution is 2.29. The minimum Gasteiger partial charge on any atom is -0.324 e. The first-order valence-electron chi connectivity index (χ1n) is 9.25. The van der Waals surface area contributed by atoms with Crippen molar-refractivity contribution in [1.82, 2.24) is 29.9 Å². The van der Waals surface area contributed by atoms with Gasteiger partial charge in [-0.25, -0.2) is 4.79 Å². The monoisotopic (exact) mass is 415 g/mol. The van der Waals surface area contributed by atoms with Crippen molar-refractivity contribution in [3.8, 4) is 10.6 Å². The number of hydrogen-bond acceptors (Lipinski definition) is 6. The summed E-state index contributed by atoms with van der Waals surface area (Å²) in [5.41, 5.74) is 0.991. The van der Waals surface area contributed by atoms with Crippen LogP contribution >= 0.6 is 23.6 Å². The van der Waals surface area contributed by atoms with Crippen molar-refractivity contribution in [2.75, 3.05) is 18.4 Å². The summed E-state index contributed by atoms with van der Waals surface area (Å²) in [6.45, 7) is 4.20. The number of amides is 2. The molecule has 2 amide bonds. The van der Waals surface area contributed by atoms with Gasteiger partial charge in [0.15, 0.2) is 4.77 Å². The summed E-state index contributed by atoms with van der Waals surface area (Å²) >= 11 is 6.65. The number of nitrogens with zero attached hydrogens (tertiary/aromatic N) is 5. The summed E-state index contributed by atoms with van der Waals surface area (Å²) < 4.78 is 2.69. The number of hydrogen-bond donors (Lipinski definition) is 2. The van der Waals surface area contributed by atoms with Crippen molar-refractivity contribution in [3.63, 3.8) is 0 Å². The zero-order valence-corrected chi connectivity index (χ0v) is 17.1. The van der Waals surface area contributed by atoms with Crippen LogP contribution in [0, 0.1) is 4.77 Å². The largest absolute Gasteiger partial charge is 0.324 e. The Labute approximate surface area is 171 Å². The molecule has 0 bridgehead atoms. The van der Waals surface area contributed by atoms with Gasteiger partial charge in [-0.2, -0.15) is 5.10 Å². The van der Waals surface area contributed by atoms with Crippen molar-refractivity contribution in [3.05, 3.63) is 40.9 Å². The third-order valence-corrected chi connectivity index (χ3v) is 6.11. The third-order valence-electron chi connectivity index (χ3n) is 4.91. The van der Waals surface area contributed by atoms with Crippen LogP contribution in [0.15, 0.2) is 30.3 Å². The van der Waals surface area contributed by atoms with Crippen molar-refractivity contribution in [1.29, 1.82) is 0 Å². The number of aromatic nitrogens is 5. The molecule has 0 saturated carbocycles. The van der Waals surface area contributed by atoms with Gasteiger partial charge in [-0.3, -0.25) is 10.4 Å². The minimum atomic E-state index is -0.136. The van der Waals surface area contributed by atoms with Gasteiger partial charge in [0.1, 0.15) is 10.8 Å². The Balaban J connectivity index is 1.36. The van der Waals surface area contributed by atoms with Gasteiger partial charge in [-0.05, 0) is 32.0 Å². The van der Waals surface area contributed by atoms with Crippen molar-refractivity contribution in [2.45, 2.75) is 32.2 Å². The van der Waals surface area contributed by atoms with Crippen LogP contribution in [0.5, 0.6) is 0 Å². The first kappa shape index (κ1) is 18.8. The summed E-state index contributed by atoms with van der Waals surface area (Å²) in [6.07, 6.45) is 1.72. The van der Waals surface area contributed by atoms with Gasteiger partial charge in [0.05, 0.1) is 0 Å². The van der Waals surface area contributed by atoms with Gasteiger partial charge in [-0.1, -0.05) is 41.7 Å². The highest BCUT2D eigenvalue weighted by Gasteiger charge is 2.27. The Morgan fingerprint density at radius 1 is 1.29 bits per heavy atom. The number of carbonyl (C=O) groups is 1. The summed E-state index contributed by atoms with van der Waals surface area (Å²) in [6, 6.07) is 9.68.